The zero-order valence-corrected chi connectivity index (χ0v) is 17.1. The lowest BCUT2D eigenvalue weighted by atomic mass is 10.0. The van der Waals surface area contributed by atoms with E-state index in [4.69, 9.17) is 0 Å². The zero-order chi connectivity index (χ0) is 22.3. The number of nitrogens with one attached hydrogen (secondary N) is 1. The first-order valence-corrected chi connectivity index (χ1v) is 9.56. The molecular weight excluding hydrogens is 405 g/mol. The van der Waals surface area contributed by atoms with Gasteiger partial charge in [0.15, 0.2) is 5.65 Å². The van der Waals surface area contributed by atoms with Crippen molar-refractivity contribution >= 4 is 17.2 Å². The van der Waals surface area contributed by atoms with Crippen molar-refractivity contribution in [2.45, 2.75) is 26.9 Å². The number of hydrogen-bond donors (Lipinski definition) is 1. The number of hydrogen-bond acceptors (Lipinski definition) is 3. The third kappa shape index (κ3) is 3.88. The number of rotatable bonds is 3. The second kappa shape index (κ2) is 7.54. The Balaban J connectivity index is 1.71. The first kappa shape index (κ1) is 20.6. The number of aromatic nitrogens is 3. The average molecular weight is 424 g/mol. The highest BCUT2D eigenvalue weighted by molar-refractivity contribution is 6.05. The van der Waals surface area contributed by atoms with Crippen LogP contribution >= 0.6 is 0 Å². The number of carbonyl (C=O) groups excluding carboxylic acids is 1. The molecule has 0 saturated carbocycles. The SMILES string of the molecule is Cc1cccc(-c2c(C)nn3c(C)c(C(=O)Nc4cccc(C(F)(F)F)c4)cnc23)c1. The van der Waals surface area contributed by atoms with E-state index in [1.807, 2.05) is 38.1 Å². The van der Waals surface area contributed by atoms with Gasteiger partial charge in [0.2, 0.25) is 0 Å². The maximum Gasteiger partial charge on any atom is 0.416 e. The van der Waals surface area contributed by atoms with E-state index < -0.39 is 17.6 Å². The summed E-state index contributed by atoms with van der Waals surface area (Å²) in [6, 6.07) is 12.5. The third-order valence-electron chi connectivity index (χ3n) is 5.06. The van der Waals surface area contributed by atoms with E-state index in [-0.39, 0.29) is 11.3 Å². The van der Waals surface area contributed by atoms with Crippen LogP contribution in [0.5, 0.6) is 0 Å². The molecule has 1 N–H and O–H groups in total. The van der Waals surface area contributed by atoms with E-state index in [1.165, 1.54) is 18.3 Å². The standard InChI is InChI=1S/C23H19F3N4O/c1-13-6-4-7-16(10-13)20-14(2)29-30-15(3)19(12-27-21(20)30)22(31)28-18-9-5-8-17(11-18)23(24,25)26/h4-12H,1-3H3,(H,28,31). The molecule has 2 heterocycles. The highest BCUT2D eigenvalue weighted by atomic mass is 19.4. The van der Waals surface area contributed by atoms with Gasteiger partial charge >= 0.3 is 6.18 Å². The number of fused-ring (bicyclic) bond motifs is 1. The number of halogens is 3. The van der Waals surface area contributed by atoms with Gasteiger partial charge in [0.25, 0.3) is 5.91 Å². The van der Waals surface area contributed by atoms with E-state index in [1.54, 1.807) is 11.4 Å². The maximum absolute atomic E-state index is 12.9. The molecule has 0 spiro atoms. The maximum atomic E-state index is 12.9. The number of benzene rings is 2. The van der Waals surface area contributed by atoms with Gasteiger partial charge in [0, 0.05) is 17.4 Å². The minimum atomic E-state index is -4.49. The number of nitrogens with zero attached hydrogens (tertiary/aromatic N) is 3. The van der Waals surface area contributed by atoms with Crippen LogP contribution in [0.15, 0.2) is 54.7 Å². The molecule has 4 rings (SSSR count). The smallest absolute Gasteiger partial charge is 0.322 e. The molecule has 4 aromatic rings. The Kier molecular flexibility index (Phi) is 5.00. The molecule has 0 atom stereocenters. The van der Waals surface area contributed by atoms with Gasteiger partial charge in [-0.15, -0.1) is 0 Å². The van der Waals surface area contributed by atoms with E-state index in [0.717, 1.165) is 34.5 Å². The molecule has 1 amide bonds. The van der Waals surface area contributed by atoms with Crippen LogP contribution in [-0.2, 0) is 6.18 Å². The summed E-state index contributed by atoms with van der Waals surface area (Å²) < 4.78 is 40.4. The second-order valence-electron chi connectivity index (χ2n) is 7.36. The van der Waals surface area contributed by atoms with E-state index in [2.05, 4.69) is 15.4 Å². The van der Waals surface area contributed by atoms with Crippen molar-refractivity contribution in [1.82, 2.24) is 14.6 Å². The van der Waals surface area contributed by atoms with Crippen molar-refractivity contribution in [2.75, 3.05) is 5.32 Å². The number of aryl methyl sites for hydroxylation is 3. The van der Waals surface area contributed by atoms with Crippen LogP contribution in [-0.4, -0.2) is 20.5 Å². The minimum Gasteiger partial charge on any atom is -0.322 e. The summed E-state index contributed by atoms with van der Waals surface area (Å²) >= 11 is 0. The minimum absolute atomic E-state index is 0.0522. The lowest BCUT2D eigenvalue weighted by molar-refractivity contribution is -0.137. The van der Waals surface area contributed by atoms with E-state index in [9.17, 15) is 18.0 Å². The van der Waals surface area contributed by atoms with Gasteiger partial charge < -0.3 is 5.32 Å². The Morgan fingerprint density at radius 3 is 2.48 bits per heavy atom. The summed E-state index contributed by atoms with van der Waals surface area (Å²) in [5, 5.41) is 7.06. The fraction of sp³-hybridized carbons (Fsp3) is 0.174. The van der Waals surface area contributed by atoms with Gasteiger partial charge in [-0.05, 0) is 44.5 Å². The number of alkyl halides is 3. The fourth-order valence-corrected chi connectivity index (χ4v) is 3.53. The third-order valence-corrected chi connectivity index (χ3v) is 5.06. The van der Waals surface area contributed by atoms with Gasteiger partial charge in [-0.25, -0.2) is 9.50 Å². The second-order valence-corrected chi connectivity index (χ2v) is 7.36. The van der Waals surface area contributed by atoms with Gasteiger partial charge in [0.05, 0.1) is 22.5 Å². The first-order chi connectivity index (χ1) is 14.6. The number of anilines is 1. The molecule has 8 heteroatoms. The average Bonchev–Trinajstić information content (AvgIpc) is 3.04. The zero-order valence-electron chi connectivity index (χ0n) is 17.1. The van der Waals surface area contributed by atoms with E-state index >= 15 is 0 Å². The fourth-order valence-electron chi connectivity index (χ4n) is 3.53. The molecule has 31 heavy (non-hydrogen) atoms. The molecule has 0 aliphatic rings. The van der Waals surface area contributed by atoms with Crippen molar-refractivity contribution in [3.63, 3.8) is 0 Å². The highest BCUT2D eigenvalue weighted by Gasteiger charge is 2.30. The quantitative estimate of drug-likeness (QED) is 0.466. The highest BCUT2D eigenvalue weighted by Crippen LogP contribution is 2.31. The Labute approximate surface area is 176 Å². The molecule has 0 fully saturated rings. The van der Waals surface area contributed by atoms with Crippen molar-refractivity contribution in [3.05, 3.63) is 82.8 Å². The van der Waals surface area contributed by atoms with Crippen LogP contribution in [0.2, 0.25) is 0 Å². The topological polar surface area (TPSA) is 59.3 Å². The summed E-state index contributed by atoms with van der Waals surface area (Å²) in [6.07, 6.45) is -3.07. The summed E-state index contributed by atoms with van der Waals surface area (Å²) in [4.78, 5) is 17.2. The summed E-state index contributed by atoms with van der Waals surface area (Å²) in [6.45, 7) is 5.59. The van der Waals surface area contributed by atoms with Crippen LogP contribution in [0.3, 0.4) is 0 Å². The van der Waals surface area contributed by atoms with Crippen molar-refractivity contribution in [3.8, 4) is 11.1 Å². The monoisotopic (exact) mass is 424 g/mol. The normalized spacial score (nSPS) is 11.7. The van der Waals surface area contributed by atoms with Crippen LogP contribution in [0, 0.1) is 20.8 Å². The van der Waals surface area contributed by atoms with Gasteiger partial charge in [-0.1, -0.05) is 35.9 Å². The molecule has 158 valence electrons. The molecule has 0 radical (unpaired) electrons. The van der Waals surface area contributed by atoms with Gasteiger partial charge in [-0.2, -0.15) is 18.3 Å². The van der Waals surface area contributed by atoms with Crippen molar-refractivity contribution in [2.24, 2.45) is 0 Å². The Bertz CT molecular complexity index is 1310. The Morgan fingerprint density at radius 2 is 1.77 bits per heavy atom. The predicted octanol–water partition coefficient (Wildman–Crippen LogP) is 5.59. The molecular formula is C23H19F3N4O. The largest absolute Gasteiger partial charge is 0.416 e. The molecule has 5 nitrogen and oxygen atoms in total. The van der Waals surface area contributed by atoms with Gasteiger partial charge in [-0.3, -0.25) is 4.79 Å². The number of carbonyl (C=O) groups is 1. The summed E-state index contributed by atoms with van der Waals surface area (Å²) in [5.74, 6) is -0.559. The van der Waals surface area contributed by atoms with Crippen LogP contribution in [0.25, 0.3) is 16.8 Å². The molecule has 0 aliphatic carbocycles. The van der Waals surface area contributed by atoms with Crippen LogP contribution in [0.4, 0.5) is 18.9 Å². The molecule has 2 aromatic heterocycles. The van der Waals surface area contributed by atoms with Crippen LogP contribution in [0.1, 0.15) is 32.9 Å². The molecule has 0 saturated heterocycles. The van der Waals surface area contributed by atoms with Gasteiger partial charge in [0.1, 0.15) is 0 Å². The molecule has 0 bridgehead atoms. The lowest BCUT2D eigenvalue weighted by Gasteiger charge is -2.11. The van der Waals surface area contributed by atoms with Crippen LogP contribution < -0.4 is 5.32 Å². The first-order valence-electron chi connectivity index (χ1n) is 9.56. The van der Waals surface area contributed by atoms with E-state index in [0.29, 0.717) is 11.3 Å². The van der Waals surface area contributed by atoms with Crippen molar-refractivity contribution < 1.29 is 18.0 Å². The Morgan fingerprint density at radius 1 is 1.03 bits per heavy atom. The number of amides is 1. The van der Waals surface area contributed by atoms with Crippen molar-refractivity contribution in [1.29, 1.82) is 0 Å². The molecule has 0 aliphatic heterocycles. The molecule has 0 unspecified atom stereocenters. The predicted molar refractivity (Wildman–Crippen MR) is 112 cm³/mol. The summed E-state index contributed by atoms with van der Waals surface area (Å²) in [5.41, 5.74) is 4.30. The molecule has 2 aromatic carbocycles. The lowest BCUT2D eigenvalue weighted by Crippen LogP contribution is -2.16. The Hall–Kier alpha value is -3.68. The summed E-state index contributed by atoms with van der Waals surface area (Å²) in [7, 11) is 0.